The van der Waals surface area contributed by atoms with E-state index in [9.17, 15) is 0 Å². The van der Waals surface area contributed by atoms with Crippen molar-refractivity contribution >= 4 is 43.1 Å². The van der Waals surface area contributed by atoms with Crippen LogP contribution in [0.4, 0.5) is 0 Å². The van der Waals surface area contributed by atoms with Crippen molar-refractivity contribution in [1.29, 1.82) is 0 Å². The van der Waals surface area contributed by atoms with Gasteiger partial charge in [-0.05, 0) is 77.0 Å². The summed E-state index contributed by atoms with van der Waals surface area (Å²) in [6.07, 6.45) is 2.03. The van der Waals surface area contributed by atoms with Gasteiger partial charge in [0, 0.05) is 22.9 Å². The number of benzene rings is 8. The SMILES string of the molecule is c1ccc(-c2ccc3ccc4c(-c5ccccc5)cc(-c5ncc6c(n5)-c5cccc7cccc-6c57)c5ccc2c3c45)cc1. The fourth-order valence-electron chi connectivity index (χ4n) is 7.48. The third-order valence-electron chi connectivity index (χ3n) is 9.43. The average molecular weight is 557 g/mol. The lowest BCUT2D eigenvalue weighted by Crippen LogP contribution is -1.96. The maximum atomic E-state index is 5.33. The van der Waals surface area contributed by atoms with Crippen LogP contribution in [0.5, 0.6) is 0 Å². The Labute approximate surface area is 254 Å². The van der Waals surface area contributed by atoms with Crippen molar-refractivity contribution in [3.8, 4) is 56.0 Å². The molecule has 0 N–H and O–H groups in total. The van der Waals surface area contributed by atoms with Gasteiger partial charge in [-0.25, -0.2) is 9.97 Å². The Morgan fingerprint density at radius 1 is 0.364 bits per heavy atom. The van der Waals surface area contributed by atoms with Gasteiger partial charge in [0.2, 0.25) is 0 Å². The highest BCUT2D eigenvalue weighted by Gasteiger charge is 2.25. The van der Waals surface area contributed by atoms with Gasteiger partial charge >= 0.3 is 0 Å². The molecule has 0 aliphatic heterocycles. The summed E-state index contributed by atoms with van der Waals surface area (Å²) in [7, 11) is 0. The van der Waals surface area contributed by atoms with E-state index in [0.717, 1.165) is 22.6 Å². The van der Waals surface area contributed by atoms with Crippen molar-refractivity contribution < 1.29 is 0 Å². The normalized spacial score (nSPS) is 12.1. The summed E-state index contributed by atoms with van der Waals surface area (Å²) >= 11 is 0. The number of rotatable bonds is 3. The largest absolute Gasteiger partial charge is 0.236 e. The van der Waals surface area contributed by atoms with Crippen LogP contribution in [-0.4, -0.2) is 9.97 Å². The number of aromatic nitrogens is 2. The Balaban J connectivity index is 1.31. The van der Waals surface area contributed by atoms with E-state index in [1.165, 1.54) is 76.5 Å². The topological polar surface area (TPSA) is 25.8 Å². The molecule has 0 fully saturated rings. The zero-order valence-electron chi connectivity index (χ0n) is 23.8. The third kappa shape index (κ3) is 3.20. The van der Waals surface area contributed by atoms with Gasteiger partial charge in [-0.1, -0.05) is 133 Å². The van der Waals surface area contributed by atoms with Crippen molar-refractivity contribution in [3.63, 3.8) is 0 Å². The number of hydrogen-bond acceptors (Lipinski definition) is 2. The van der Waals surface area contributed by atoms with Crippen LogP contribution in [0.3, 0.4) is 0 Å². The molecule has 1 aliphatic rings. The molecule has 2 heteroatoms. The van der Waals surface area contributed by atoms with Crippen LogP contribution < -0.4 is 0 Å². The molecule has 0 bridgehead atoms. The lowest BCUT2D eigenvalue weighted by atomic mass is 9.85. The summed E-state index contributed by atoms with van der Waals surface area (Å²) in [6, 6.07) is 50.4. The van der Waals surface area contributed by atoms with Crippen LogP contribution in [0.1, 0.15) is 0 Å². The molecule has 1 aromatic heterocycles. The van der Waals surface area contributed by atoms with Gasteiger partial charge in [0.25, 0.3) is 0 Å². The van der Waals surface area contributed by atoms with Crippen molar-refractivity contribution in [2.45, 2.75) is 0 Å². The fraction of sp³-hybridized carbons (Fsp3) is 0. The van der Waals surface area contributed by atoms with Crippen LogP contribution in [0, 0.1) is 0 Å². The molecular weight excluding hydrogens is 532 g/mol. The first kappa shape index (κ1) is 23.7. The Morgan fingerprint density at radius 3 is 1.75 bits per heavy atom. The second-order valence-electron chi connectivity index (χ2n) is 11.7. The highest BCUT2D eigenvalue weighted by Crippen LogP contribution is 2.48. The first-order chi connectivity index (χ1) is 21.8. The molecule has 1 heterocycles. The van der Waals surface area contributed by atoms with Crippen molar-refractivity contribution in [1.82, 2.24) is 9.97 Å². The first-order valence-corrected chi connectivity index (χ1v) is 15.1. The zero-order valence-corrected chi connectivity index (χ0v) is 23.8. The smallest absolute Gasteiger partial charge is 0.160 e. The lowest BCUT2D eigenvalue weighted by Gasteiger charge is -2.19. The minimum absolute atomic E-state index is 0.756. The van der Waals surface area contributed by atoms with E-state index in [1.807, 2.05) is 6.20 Å². The van der Waals surface area contributed by atoms with Crippen LogP contribution >= 0.6 is 0 Å². The zero-order chi connectivity index (χ0) is 28.8. The van der Waals surface area contributed by atoms with Gasteiger partial charge in [0.1, 0.15) is 0 Å². The summed E-state index contributed by atoms with van der Waals surface area (Å²) in [5.74, 6) is 0.756. The predicted octanol–water partition coefficient (Wildman–Crippen LogP) is 11.2. The summed E-state index contributed by atoms with van der Waals surface area (Å²) < 4.78 is 0. The molecule has 9 aromatic rings. The highest BCUT2D eigenvalue weighted by molar-refractivity contribution is 6.29. The van der Waals surface area contributed by atoms with Crippen molar-refractivity contribution in [2.24, 2.45) is 0 Å². The number of hydrogen-bond donors (Lipinski definition) is 0. The molecule has 0 saturated heterocycles. The van der Waals surface area contributed by atoms with Gasteiger partial charge in [0.15, 0.2) is 5.82 Å². The van der Waals surface area contributed by atoms with E-state index in [2.05, 4.69) is 140 Å². The third-order valence-corrected chi connectivity index (χ3v) is 9.43. The molecule has 0 radical (unpaired) electrons. The molecule has 8 aromatic carbocycles. The standard InChI is InChI=1S/C42H24N2/c1-3-9-25(10-4-1)29-19-17-28-18-20-32-35(26-11-5-2-6-12-26)23-36(33-22-21-31(29)39(28)40(32)33)42-43-24-37-30-15-7-13-27-14-8-16-34(38(27)30)41(37)44-42/h1-24H. The van der Waals surface area contributed by atoms with E-state index >= 15 is 0 Å². The molecule has 0 spiro atoms. The van der Waals surface area contributed by atoms with E-state index in [4.69, 9.17) is 9.97 Å². The summed E-state index contributed by atoms with van der Waals surface area (Å²) in [6.45, 7) is 0. The van der Waals surface area contributed by atoms with E-state index in [-0.39, 0.29) is 0 Å². The van der Waals surface area contributed by atoms with Gasteiger partial charge < -0.3 is 0 Å². The Morgan fingerprint density at radius 2 is 0.977 bits per heavy atom. The minimum Gasteiger partial charge on any atom is -0.236 e. The monoisotopic (exact) mass is 556 g/mol. The maximum absolute atomic E-state index is 5.33. The summed E-state index contributed by atoms with van der Waals surface area (Å²) in [5, 5.41) is 10.00. The van der Waals surface area contributed by atoms with Crippen LogP contribution in [-0.2, 0) is 0 Å². The quantitative estimate of drug-likeness (QED) is 0.202. The molecule has 0 atom stereocenters. The van der Waals surface area contributed by atoms with Gasteiger partial charge in [-0.2, -0.15) is 0 Å². The molecule has 0 unspecified atom stereocenters. The molecule has 202 valence electrons. The average Bonchev–Trinajstić information content (AvgIpc) is 3.42. The second-order valence-corrected chi connectivity index (χ2v) is 11.7. The van der Waals surface area contributed by atoms with Crippen LogP contribution in [0.2, 0.25) is 0 Å². The van der Waals surface area contributed by atoms with Gasteiger partial charge in [-0.15, -0.1) is 0 Å². The molecule has 1 aliphatic carbocycles. The van der Waals surface area contributed by atoms with Crippen LogP contribution in [0.25, 0.3) is 99.1 Å². The van der Waals surface area contributed by atoms with E-state index < -0.39 is 0 Å². The Kier molecular flexibility index (Phi) is 4.75. The first-order valence-electron chi connectivity index (χ1n) is 15.1. The second kappa shape index (κ2) is 8.82. The molecule has 10 rings (SSSR count). The fourth-order valence-corrected chi connectivity index (χ4v) is 7.48. The maximum Gasteiger partial charge on any atom is 0.160 e. The summed E-state index contributed by atoms with van der Waals surface area (Å²) in [4.78, 5) is 10.4. The van der Waals surface area contributed by atoms with Crippen molar-refractivity contribution in [3.05, 3.63) is 146 Å². The lowest BCUT2D eigenvalue weighted by molar-refractivity contribution is 1.20. The van der Waals surface area contributed by atoms with E-state index in [0.29, 0.717) is 0 Å². The van der Waals surface area contributed by atoms with Gasteiger partial charge in [0.05, 0.1) is 5.69 Å². The highest BCUT2D eigenvalue weighted by atomic mass is 14.9. The predicted molar refractivity (Wildman–Crippen MR) is 184 cm³/mol. The number of fused-ring (bicyclic) bond motifs is 3. The van der Waals surface area contributed by atoms with Crippen molar-refractivity contribution in [2.75, 3.05) is 0 Å². The van der Waals surface area contributed by atoms with Crippen LogP contribution in [0.15, 0.2) is 146 Å². The Hall–Kier alpha value is -5.86. The minimum atomic E-state index is 0.756. The molecular formula is C42H24N2. The van der Waals surface area contributed by atoms with Gasteiger partial charge in [-0.3, -0.25) is 0 Å². The molecule has 44 heavy (non-hydrogen) atoms. The molecule has 2 nitrogen and oxygen atoms in total. The molecule has 0 amide bonds. The molecule has 0 saturated carbocycles. The summed E-state index contributed by atoms with van der Waals surface area (Å²) in [5.41, 5.74) is 10.4. The Bertz CT molecular complexity index is 2580. The van der Waals surface area contributed by atoms with E-state index in [1.54, 1.807) is 0 Å². The number of nitrogens with zero attached hydrogens (tertiary/aromatic N) is 2.